The SMILES string of the molecule is N#Cc1nccnc1OC1CCC(NC(=O)CSC2CCCC2)CC1. The van der Waals surface area contributed by atoms with Crippen molar-refractivity contribution < 1.29 is 9.53 Å². The van der Waals surface area contributed by atoms with Gasteiger partial charge in [-0.25, -0.2) is 9.97 Å². The number of hydrogen-bond acceptors (Lipinski definition) is 6. The quantitative estimate of drug-likeness (QED) is 0.839. The van der Waals surface area contributed by atoms with Gasteiger partial charge in [-0.3, -0.25) is 4.79 Å². The van der Waals surface area contributed by atoms with Gasteiger partial charge in [0.25, 0.3) is 5.88 Å². The van der Waals surface area contributed by atoms with Crippen LogP contribution in [0.1, 0.15) is 57.1 Å². The zero-order chi connectivity index (χ0) is 17.5. The summed E-state index contributed by atoms with van der Waals surface area (Å²) in [4.78, 5) is 20.2. The zero-order valence-electron chi connectivity index (χ0n) is 14.3. The number of carbonyl (C=O) groups excluding carboxylic acids is 1. The van der Waals surface area contributed by atoms with Crippen LogP contribution in [0.15, 0.2) is 12.4 Å². The van der Waals surface area contributed by atoms with Crippen molar-refractivity contribution in [2.24, 2.45) is 0 Å². The summed E-state index contributed by atoms with van der Waals surface area (Å²) in [6, 6.07) is 2.23. The molecule has 3 rings (SSSR count). The Bertz CT molecular complexity index is 620. The van der Waals surface area contributed by atoms with Gasteiger partial charge in [-0.2, -0.15) is 5.26 Å². The van der Waals surface area contributed by atoms with Gasteiger partial charge in [0, 0.05) is 23.7 Å². The second-order valence-corrected chi connectivity index (χ2v) is 7.99. The molecule has 25 heavy (non-hydrogen) atoms. The predicted molar refractivity (Wildman–Crippen MR) is 96.3 cm³/mol. The molecule has 7 heteroatoms. The van der Waals surface area contributed by atoms with Crippen molar-refractivity contribution in [3.05, 3.63) is 18.1 Å². The molecule has 1 amide bonds. The van der Waals surface area contributed by atoms with Crippen molar-refractivity contribution in [1.29, 1.82) is 5.26 Å². The summed E-state index contributed by atoms with van der Waals surface area (Å²) in [5, 5.41) is 12.9. The third kappa shape index (κ3) is 5.33. The number of nitriles is 1. The Kier molecular flexibility index (Phi) is 6.51. The van der Waals surface area contributed by atoms with E-state index in [0.29, 0.717) is 16.9 Å². The van der Waals surface area contributed by atoms with E-state index in [9.17, 15) is 4.79 Å². The lowest BCUT2D eigenvalue weighted by molar-refractivity contribution is -0.119. The van der Waals surface area contributed by atoms with Crippen LogP contribution in [0.25, 0.3) is 0 Å². The van der Waals surface area contributed by atoms with Crippen molar-refractivity contribution in [2.45, 2.75) is 68.8 Å². The lowest BCUT2D eigenvalue weighted by Crippen LogP contribution is -2.40. The molecular weight excluding hydrogens is 336 g/mol. The number of rotatable bonds is 6. The maximum atomic E-state index is 12.1. The first-order valence-corrected chi connectivity index (χ1v) is 10.1. The van der Waals surface area contributed by atoms with Gasteiger partial charge in [0.05, 0.1) is 5.75 Å². The van der Waals surface area contributed by atoms with Crippen molar-refractivity contribution in [1.82, 2.24) is 15.3 Å². The highest BCUT2D eigenvalue weighted by atomic mass is 32.2. The molecule has 1 aromatic heterocycles. The minimum atomic E-state index is 0.0322. The molecule has 1 N–H and O–H groups in total. The Morgan fingerprint density at radius 2 is 1.92 bits per heavy atom. The van der Waals surface area contributed by atoms with Crippen LogP contribution in [0.5, 0.6) is 5.88 Å². The van der Waals surface area contributed by atoms with Crippen LogP contribution in [0.2, 0.25) is 0 Å². The van der Waals surface area contributed by atoms with Gasteiger partial charge in [-0.05, 0) is 38.5 Å². The second kappa shape index (κ2) is 9.04. The number of carbonyl (C=O) groups is 1. The molecule has 0 atom stereocenters. The summed E-state index contributed by atoms with van der Waals surface area (Å²) in [5.74, 6) is 1.04. The molecule has 0 bridgehead atoms. The van der Waals surface area contributed by atoms with Crippen LogP contribution in [0, 0.1) is 11.3 Å². The summed E-state index contributed by atoms with van der Waals surface area (Å²) in [7, 11) is 0. The third-order valence-corrected chi connectivity index (χ3v) is 6.21. The van der Waals surface area contributed by atoms with Gasteiger partial charge in [0.15, 0.2) is 0 Å². The lowest BCUT2D eigenvalue weighted by atomic mass is 9.93. The summed E-state index contributed by atoms with van der Waals surface area (Å²) >= 11 is 1.80. The van der Waals surface area contributed by atoms with Crippen LogP contribution < -0.4 is 10.1 Å². The predicted octanol–water partition coefficient (Wildman–Crippen LogP) is 2.83. The van der Waals surface area contributed by atoms with Crippen molar-refractivity contribution >= 4 is 17.7 Å². The van der Waals surface area contributed by atoms with Crippen LogP contribution in [0.4, 0.5) is 0 Å². The Labute approximate surface area is 152 Å². The van der Waals surface area contributed by atoms with Gasteiger partial charge >= 0.3 is 0 Å². The number of thioether (sulfide) groups is 1. The molecular formula is C18H24N4O2S. The molecule has 0 aliphatic heterocycles. The molecule has 6 nitrogen and oxygen atoms in total. The second-order valence-electron chi connectivity index (χ2n) is 6.70. The van der Waals surface area contributed by atoms with E-state index in [0.717, 1.165) is 25.7 Å². The fourth-order valence-electron chi connectivity index (χ4n) is 3.49. The van der Waals surface area contributed by atoms with E-state index in [1.807, 2.05) is 6.07 Å². The first-order chi connectivity index (χ1) is 12.2. The normalized spacial score (nSPS) is 23.8. The topological polar surface area (TPSA) is 87.9 Å². The molecule has 2 fully saturated rings. The van der Waals surface area contributed by atoms with Crippen molar-refractivity contribution in [2.75, 3.05) is 5.75 Å². The molecule has 0 unspecified atom stereocenters. The molecule has 0 spiro atoms. The number of hydrogen-bond donors (Lipinski definition) is 1. The molecule has 2 aliphatic rings. The molecule has 0 saturated heterocycles. The van der Waals surface area contributed by atoms with Crippen LogP contribution in [0.3, 0.4) is 0 Å². The first-order valence-electron chi connectivity index (χ1n) is 9.03. The summed E-state index contributed by atoms with van der Waals surface area (Å²) < 4.78 is 5.83. The number of amides is 1. The monoisotopic (exact) mass is 360 g/mol. The van der Waals surface area contributed by atoms with Gasteiger partial charge in [0.2, 0.25) is 11.6 Å². The lowest BCUT2D eigenvalue weighted by Gasteiger charge is -2.29. The largest absolute Gasteiger partial charge is 0.472 e. The van der Waals surface area contributed by atoms with Gasteiger partial charge in [-0.1, -0.05) is 12.8 Å². The van der Waals surface area contributed by atoms with Crippen molar-refractivity contribution in [3.63, 3.8) is 0 Å². The van der Waals surface area contributed by atoms with Crippen molar-refractivity contribution in [3.8, 4) is 11.9 Å². The Morgan fingerprint density at radius 1 is 1.20 bits per heavy atom. The molecule has 0 radical (unpaired) electrons. The first kappa shape index (κ1) is 18.0. The minimum absolute atomic E-state index is 0.0322. The minimum Gasteiger partial charge on any atom is -0.472 e. The Morgan fingerprint density at radius 3 is 2.64 bits per heavy atom. The number of aromatic nitrogens is 2. The molecule has 1 heterocycles. The molecule has 1 aromatic rings. The third-order valence-electron chi connectivity index (χ3n) is 4.84. The van der Waals surface area contributed by atoms with E-state index in [1.54, 1.807) is 11.8 Å². The highest BCUT2D eigenvalue weighted by Crippen LogP contribution is 2.29. The zero-order valence-corrected chi connectivity index (χ0v) is 15.1. The fourth-order valence-corrected chi connectivity index (χ4v) is 4.63. The Balaban J connectivity index is 1.38. The summed E-state index contributed by atoms with van der Waals surface area (Å²) in [5.41, 5.74) is 0.224. The van der Waals surface area contributed by atoms with E-state index in [1.165, 1.54) is 38.1 Å². The Hall–Kier alpha value is -1.81. The maximum Gasteiger partial charge on any atom is 0.251 e. The van der Waals surface area contributed by atoms with Gasteiger partial charge in [-0.15, -0.1) is 11.8 Å². The number of nitrogens with zero attached hydrogens (tertiary/aromatic N) is 3. The molecule has 2 saturated carbocycles. The average molecular weight is 360 g/mol. The molecule has 2 aliphatic carbocycles. The highest BCUT2D eigenvalue weighted by molar-refractivity contribution is 8.00. The van der Waals surface area contributed by atoms with E-state index in [4.69, 9.17) is 10.00 Å². The maximum absolute atomic E-state index is 12.1. The summed E-state index contributed by atoms with van der Waals surface area (Å²) in [6.45, 7) is 0. The van der Waals surface area contributed by atoms with Crippen LogP contribution in [-0.2, 0) is 4.79 Å². The highest BCUT2D eigenvalue weighted by Gasteiger charge is 2.25. The standard InChI is InChI=1S/C18H24N4O2S/c19-11-16-18(21-10-9-20-16)24-14-7-5-13(6-8-14)22-17(23)12-25-15-3-1-2-4-15/h9-10,13-15H,1-8,12H2,(H,22,23). The van der Waals surface area contributed by atoms with Crippen LogP contribution in [-0.4, -0.2) is 39.0 Å². The summed E-state index contributed by atoms with van der Waals surface area (Å²) in [6.07, 6.45) is 11.7. The van der Waals surface area contributed by atoms with E-state index >= 15 is 0 Å². The number of ether oxygens (including phenoxy) is 1. The van der Waals surface area contributed by atoms with Gasteiger partial charge in [0.1, 0.15) is 12.2 Å². The fraction of sp³-hybridized carbons (Fsp3) is 0.667. The van der Waals surface area contributed by atoms with E-state index < -0.39 is 0 Å². The van der Waals surface area contributed by atoms with E-state index in [-0.39, 0.29) is 23.7 Å². The average Bonchev–Trinajstić information content (AvgIpc) is 3.16. The molecule has 134 valence electrons. The van der Waals surface area contributed by atoms with Crippen LogP contribution >= 0.6 is 11.8 Å². The number of nitrogens with one attached hydrogen (secondary N) is 1. The van der Waals surface area contributed by atoms with E-state index in [2.05, 4.69) is 15.3 Å². The van der Waals surface area contributed by atoms with Gasteiger partial charge < -0.3 is 10.1 Å². The smallest absolute Gasteiger partial charge is 0.251 e. The molecule has 0 aromatic carbocycles.